The van der Waals surface area contributed by atoms with Gasteiger partial charge in [-0.2, -0.15) is 5.26 Å². The first-order valence-corrected chi connectivity index (χ1v) is 6.97. The summed E-state index contributed by atoms with van der Waals surface area (Å²) in [5.41, 5.74) is 0.0703. The molecule has 6 heteroatoms. The minimum absolute atomic E-state index is 0.0703. The lowest BCUT2D eigenvalue weighted by molar-refractivity contribution is -0.117. The maximum absolute atomic E-state index is 11.8. The first-order valence-electron chi connectivity index (χ1n) is 5.37. The Labute approximate surface area is 122 Å². The molecule has 19 heavy (non-hydrogen) atoms. The Morgan fingerprint density at radius 2 is 2.37 bits per heavy atom. The molecule has 0 aliphatic heterocycles. The van der Waals surface area contributed by atoms with Crippen molar-refractivity contribution in [2.75, 3.05) is 0 Å². The molecule has 0 fully saturated rings. The summed E-state index contributed by atoms with van der Waals surface area (Å²) in [7, 11) is 0. The van der Waals surface area contributed by atoms with E-state index in [0.29, 0.717) is 5.76 Å². The van der Waals surface area contributed by atoms with E-state index in [1.165, 1.54) is 17.6 Å². The van der Waals surface area contributed by atoms with Crippen molar-refractivity contribution < 1.29 is 9.21 Å². The van der Waals surface area contributed by atoms with Gasteiger partial charge in [0.05, 0.1) is 16.6 Å². The number of rotatable bonds is 4. The summed E-state index contributed by atoms with van der Waals surface area (Å²) in [5.74, 6) is 0.230. The molecule has 0 atom stereocenters. The number of nitrogens with one attached hydrogen (secondary N) is 1. The zero-order chi connectivity index (χ0) is 13.7. The molecule has 2 heterocycles. The van der Waals surface area contributed by atoms with Crippen LogP contribution in [0.4, 0.5) is 0 Å². The van der Waals surface area contributed by atoms with Crippen LogP contribution in [0.3, 0.4) is 0 Å². The first kappa shape index (κ1) is 13.6. The summed E-state index contributed by atoms with van der Waals surface area (Å²) in [6.45, 7) is 0.263. The van der Waals surface area contributed by atoms with Crippen LogP contribution in [0.1, 0.15) is 10.6 Å². The predicted octanol–water partition coefficient (Wildman–Crippen LogP) is 3.33. The highest BCUT2D eigenvalue weighted by atomic mass is 79.9. The van der Waals surface area contributed by atoms with Crippen molar-refractivity contribution in [2.24, 2.45) is 0 Å². The maximum Gasteiger partial charge on any atom is 0.262 e. The van der Waals surface area contributed by atoms with Crippen LogP contribution in [0.5, 0.6) is 0 Å². The standard InChI is InChI=1S/C13H9BrN2O2S/c14-12-4-3-11(19-12)6-9(7-15)13(17)16-8-10-2-1-5-18-10/h1-6H,8H2,(H,16,17). The van der Waals surface area contributed by atoms with Gasteiger partial charge in [-0.3, -0.25) is 4.79 Å². The van der Waals surface area contributed by atoms with Crippen molar-refractivity contribution in [3.05, 3.63) is 50.5 Å². The summed E-state index contributed by atoms with van der Waals surface area (Å²) in [6, 6.07) is 9.10. The van der Waals surface area contributed by atoms with E-state index in [-0.39, 0.29) is 12.1 Å². The van der Waals surface area contributed by atoms with Gasteiger partial charge >= 0.3 is 0 Å². The van der Waals surface area contributed by atoms with E-state index in [0.717, 1.165) is 8.66 Å². The molecule has 0 unspecified atom stereocenters. The number of hydrogen-bond acceptors (Lipinski definition) is 4. The smallest absolute Gasteiger partial charge is 0.262 e. The Hall–Kier alpha value is -1.84. The highest BCUT2D eigenvalue weighted by Gasteiger charge is 2.10. The van der Waals surface area contributed by atoms with E-state index in [1.807, 2.05) is 18.2 Å². The number of nitrogens with zero attached hydrogens (tertiary/aromatic N) is 1. The zero-order valence-corrected chi connectivity index (χ0v) is 12.1. The molecule has 0 aliphatic carbocycles. The van der Waals surface area contributed by atoms with Crippen LogP contribution in [0, 0.1) is 11.3 Å². The van der Waals surface area contributed by atoms with Gasteiger partial charge in [0.15, 0.2) is 0 Å². The third kappa shape index (κ3) is 3.81. The monoisotopic (exact) mass is 336 g/mol. The Bertz CT molecular complexity index is 638. The molecule has 2 rings (SSSR count). The molecule has 0 aromatic carbocycles. The number of nitriles is 1. The average Bonchev–Trinajstić information content (AvgIpc) is 3.04. The molecular formula is C13H9BrN2O2S. The van der Waals surface area contributed by atoms with E-state index in [4.69, 9.17) is 9.68 Å². The van der Waals surface area contributed by atoms with Gasteiger partial charge in [0.1, 0.15) is 17.4 Å². The molecule has 0 saturated carbocycles. The van der Waals surface area contributed by atoms with Crippen LogP contribution in [0.15, 0.2) is 44.3 Å². The minimum atomic E-state index is -0.413. The number of hydrogen-bond donors (Lipinski definition) is 1. The highest BCUT2D eigenvalue weighted by Crippen LogP contribution is 2.24. The zero-order valence-electron chi connectivity index (χ0n) is 9.72. The summed E-state index contributed by atoms with van der Waals surface area (Å²) >= 11 is 4.79. The lowest BCUT2D eigenvalue weighted by Gasteiger charge is -2.01. The van der Waals surface area contributed by atoms with Gasteiger partial charge in [-0.25, -0.2) is 0 Å². The summed E-state index contributed by atoms with van der Waals surface area (Å²) in [4.78, 5) is 12.7. The minimum Gasteiger partial charge on any atom is -0.467 e. The molecule has 0 aliphatic rings. The molecule has 4 nitrogen and oxygen atoms in total. The molecule has 0 saturated heterocycles. The summed E-state index contributed by atoms with van der Waals surface area (Å²) < 4.78 is 6.05. The first-order chi connectivity index (χ1) is 9.19. The number of carbonyl (C=O) groups excluding carboxylic acids is 1. The maximum atomic E-state index is 11.8. The molecule has 2 aromatic heterocycles. The SMILES string of the molecule is N#CC(=Cc1ccc(Br)s1)C(=O)NCc1ccco1. The van der Waals surface area contributed by atoms with Crippen LogP contribution in [-0.2, 0) is 11.3 Å². The second-order valence-electron chi connectivity index (χ2n) is 3.57. The normalized spacial score (nSPS) is 11.1. The number of furan rings is 1. The fourth-order valence-corrected chi connectivity index (χ4v) is 2.74. The van der Waals surface area contributed by atoms with Crippen LogP contribution >= 0.6 is 27.3 Å². The topological polar surface area (TPSA) is 66.0 Å². The lowest BCUT2D eigenvalue weighted by Crippen LogP contribution is -2.23. The number of halogens is 1. The fourth-order valence-electron chi connectivity index (χ4n) is 1.37. The number of thiophene rings is 1. The van der Waals surface area contributed by atoms with E-state index >= 15 is 0 Å². The van der Waals surface area contributed by atoms with E-state index in [1.54, 1.807) is 18.2 Å². The Morgan fingerprint density at radius 3 is 2.95 bits per heavy atom. The predicted molar refractivity (Wildman–Crippen MR) is 76.2 cm³/mol. The van der Waals surface area contributed by atoms with Gasteiger partial charge in [0, 0.05) is 4.88 Å². The molecular weight excluding hydrogens is 328 g/mol. The van der Waals surface area contributed by atoms with Crippen molar-refractivity contribution in [1.82, 2.24) is 5.32 Å². The van der Waals surface area contributed by atoms with Crippen LogP contribution in [-0.4, -0.2) is 5.91 Å². The third-order valence-corrected chi connectivity index (χ3v) is 3.82. The average molecular weight is 337 g/mol. The number of carbonyl (C=O) groups is 1. The Kier molecular flexibility index (Phi) is 4.55. The van der Waals surface area contributed by atoms with Crippen LogP contribution in [0.2, 0.25) is 0 Å². The molecule has 0 radical (unpaired) electrons. The molecule has 96 valence electrons. The second kappa shape index (κ2) is 6.36. The summed E-state index contributed by atoms with van der Waals surface area (Å²) in [6.07, 6.45) is 3.10. The van der Waals surface area contributed by atoms with E-state index < -0.39 is 5.91 Å². The van der Waals surface area contributed by atoms with Crippen molar-refractivity contribution in [2.45, 2.75) is 6.54 Å². The van der Waals surface area contributed by atoms with Crippen molar-refractivity contribution in [3.8, 4) is 6.07 Å². The second-order valence-corrected chi connectivity index (χ2v) is 6.07. The van der Waals surface area contributed by atoms with Crippen molar-refractivity contribution in [3.63, 3.8) is 0 Å². The van der Waals surface area contributed by atoms with Crippen molar-refractivity contribution in [1.29, 1.82) is 5.26 Å². The van der Waals surface area contributed by atoms with Gasteiger partial charge in [-0.15, -0.1) is 11.3 Å². The van der Waals surface area contributed by atoms with Gasteiger partial charge in [-0.1, -0.05) is 0 Å². The fraction of sp³-hybridized carbons (Fsp3) is 0.0769. The lowest BCUT2D eigenvalue weighted by atomic mass is 10.2. The van der Waals surface area contributed by atoms with E-state index in [2.05, 4.69) is 21.2 Å². The largest absolute Gasteiger partial charge is 0.467 e. The molecule has 0 spiro atoms. The number of amides is 1. The van der Waals surface area contributed by atoms with Gasteiger partial charge in [-0.05, 0) is 46.3 Å². The molecule has 2 aromatic rings. The highest BCUT2D eigenvalue weighted by molar-refractivity contribution is 9.11. The van der Waals surface area contributed by atoms with E-state index in [9.17, 15) is 4.79 Å². The molecule has 1 amide bonds. The third-order valence-electron chi connectivity index (χ3n) is 2.25. The van der Waals surface area contributed by atoms with Gasteiger partial charge < -0.3 is 9.73 Å². The Morgan fingerprint density at radius 1 is 1.53 bits per heavy atom. The van der Waals surface area contributed by atoms with Crippen LogP contribution in [0.25, 0.3) is 6.08 Å². The van der Waals surface area contributed by atoms with Crippen LogP contribution < -0.4 is 5.32 Å². The quantitative estimate of drug-likeness (QED) is 0.687. The van der Waals surface area contributed by atoms with Gasteiger partial charge in [0.2, 0.25) is 0 Å². The summed E-state index contributed by atoms with van der Waals surface area (Å²) in [5, 5.41) is 11.6. The molecule has 1 N–H and O–H groups in total. The Balaban J connectivity index is 2.03. The van der Waals surface area contributed by atoms with Crippen molar-refractivity contribution >= 4 is 39.2 Å². The van der Waals surface area contributed by atoms with Gasteiger partial charge in [0.25, 0.3) is 5.91 Å². The molecule has 0 bridgehead atoms.